The van der Waals surface area contributed by atoms with Crippen LogP contribution in [0.25, 0.3) is 11.3 Å². The van der Waals surface area contributed by atoms with Gasteiger partial charge in [-0.1, -0.05) is 40.2 Å². The molecule has 24 heavy (non-hydrogen) atoms. The molecule has 0 radical (unpaired) electrons. The molecule has 2 aromatic carbocycles. The summed E-state index contributed by atoms with van der Waals surface area (Å²) in [5.74, 6) is 0.690. The predicted octanol–water partition coefficient (Wildman–Crippen LogP) is 4.76. The van der Waals surface area contributed by atoms with Gasteiger partial charge in [0.25, 0.3) is 0 Å². The van der Waals surface area contributed by atoms with E-state index in [4.69, 9.17) is 4.74 Å². The van der Waals surface area contributed by atoms with Gasteiger partial charge in [0.2, 0.25) is 5.91 Å². The van der Waals surface area contributed by atoms with Gasteiger partial charge in [0.05, 0.1) is 19.2 Å². The quantitative estimate of drug-likeness (QED) is 0.668. The minimum Gasteiger partial charge on any atom is -0.497 e. The molecule has 1 aromatic heterocycles. The van der Waals surface area contributed by atoms with Crippen molar-refractivity contribution in [1.82, 2.24) is 4.98 Å². The van der Waals surface area contributed by atoms with Gasteiger partial charge in [-0.15, -0.1) is 11.3 Å². The van der Waals surface area contributed by atoms with Gasteiger partial charge in [-0.05, 0) is 29.8 Å². The smallest absolute Gasteiger partial charge is 0.230 e. The second kappa shape index (κ2) is 7.59. The van der Waals surface area contributed by atoms with E-state index in [-0.39, 0.29) is 5.91 Å². The van der Waals surface area contributed by atoms with Crippen molar-refractivity contribution in [3.63, 3.8) is 0 Å². The lowest BCUT2D eigenvalue weighted by Crippen LogP contribution is -2.14. The molecule has 122 valence electrons. The molecule has 0 aliphatic carbocycles. The van der Waals surface area contributed by atoms with Gasteiger partial charge >= 0.3 is 0 Å². The van der Waals surface area contributed by atoms with E-state index < -0.39 is 0 Å². The fourth-order valence-corrected chi connectivity index (χ4v) is 3.18. The Morgan fingerprint density at radius 3 is 2.54 bits per heavy atom. The summed E-state index contributed by atoms with van der Waals surface area (Å²) in [6.07, 6.45) is 0.303. The number of halogens is 1. The number of nitrogens with zero attached hydrogens (tertiary/aromatic N) is 1. The molecule has 4 nitrogen and oxygen atoms in total. The number of rotatable bonds is 5. The Morgan fingerprint density at radius 1 is 1.17 bits per heavy atom. The molecule has 1 amide bonds. The Hall–Kier alpha value is -2.18. The molecule has 0 spiro atoms. The van der Waals surface area contributed by atoms with Crippen molar-refractivity contribution in [1.29, 1.82) is 0 Å². The van der Waals surface area contributed by atoms with E-state index in [1.54, 1.807) is 7.11 Å². The molecule has 3 aromatic rings. The second-order valence-electron chi connectivity index (χ2n) is 5.12. The van der Waals surface area contributed by atoms with Crippen molar-refractivity contribution < 1.29 is 9.53 Å². The molecule has 0 atom stereocenters. The Kier molecular flexibility index (Phi) is 5.27. The Morgan fingerprint density at radius 2 is 1.88 bits per heavy atom. The molecule has 6 heteroatoms. The normalized spacial score (nSPS) is 10.4. The molecule has 1 heterocycles. The van der Waals surface area contributed by atoms with Crippen molar-refractivity contribution in [2.45, 2.75) is 6.42 Å². The highest BCUT2D eigenvalue weighted by molar-refractivity contribution is 9.10. The van der Waals surface area contributed by atoms with Crippen molar-refractivity contribution in [2.75, 3.05) is 12.4 Å². The monoisotopic (exact) mass is 402 g/mol. The highest BCUT2D eigenvalue weighted by atomic mass is 79.9. The molecule has 1 N–H and O–H groups in total. The van der Waals surface area contributed by atoms with Gasteiger partial charge in [0.15, 0.2) is 5.13 Å². The first-order valence-corrected chi connectivity index (χ1v) is 8.95. The number of hydrogen-bond acceptors (Lipinski definition) is 4. The van der Waals surface area contributed by atoms with Gasteiger partial charge in [-0.2, -0.15) is 0 Å². The number of carbonyl (C=O) groups is 1. The number of nitrogens with one attached hydrogen (secondary N) is 1. The number of methoxy groups -OCH3 is 1. The third-order valence-corrected chi connectivity index (χ3v) is 4.70. The first kappa shape index (κ1) is 16.7. The van der Waals surface area contributed by atoms with Crippen LogP contribution in [-0.4, -0.2) is 18.0 Å². The van der Waals surface area contributed by atoms with Crippen LogP contribution in [0.4, 0.5) is 5.13 Å². The summed E-state index contributed by atoms with van der Waals surface area (Å²) < 4.78 is 6.13. The average molecular weight is 403 g/mol. The fourth-order valence-electron chi connectivity index (χ4n) is 2.18. The van der Waals surface area contributed by atoms with Gasteiger partial charge < -0.3 is 10.1 Å². The third kappa shape index (κ3) is 4.21. The Bertz CT molecular complexity index is 829. The highest BCUT2D eigenvalue weighted by Crippen LogP contribution is 2.26. The van der Waals surface area contributed by atoms with E-state index in [0.29, 0.717) is 11.6 Å². The summed E-state index contributed by atoms with van der Waals surface area (Å²) >= 11 is 4.83. The zero-order chi connectivity index (χ0) is 16.9. The van der Waals surface area contributed by atoms with E-state index >= 15 is 0 Å². The molecular weight excluding hydrogens is 388 g/mol. The maximum Gasteiger partial charge on any atom is 0.230 e. The summed E-state index contributed by atoms with van der Waals surface area (Å²) in [6, 6.07) is 15.4. The minimum atomic E-state index is -0.0862. The summed E-state index contributed by atoms with van der Waals surface area (Å²) in [5.41, 5.74) is 2.80. The number of ether oxygens (including phenoxy) is 1. The van der Waals surface area contributed by atoms with Crippen LogP contribution in [0.1, 0.15) is 5.56 Å². The predicted molar refractivity (Wildman–Crippen MR) is 101 cm³/mol. The summed E-state index contributed by atoms with van der Waals surface area (Å²) in [4.78, 5) is 16.6. The number of anilines is 1. The molecular formula is C18H15BrN2O2S. The lowest BCUT2D eigenvalue weighted by atomic mass is 10.1. The van der Waals surface area contributed by atoms with Gasteiger partial charge in [-0.25, -0.2) is 4.98 Å². The van der Waals surface area contributed by atoms with Crippen molar-refractivity contribution in [3.8, 4) is 17.0 Å². The molecule has 0 unspecified atom stereocenters. The topological polar surface area (TPSA) is 51.2 Å². The van der Waals surface area contributed by atoms with Crippen LogP contribution >= 0.6 is 27.3 Å². The SMILES string of the molecule is COc1ccc(CC(=O)Nc2nc(-c3ccc(Br)cc3)cs2)cc1. The largest absolute Gasteiger partial charge is 0.497 e. The summed E-state index contributed by atoms with van der Waals surface area (Å²) in [6.45, 7) is 0. The van der Waals surface area contributed by atoms with Crippen molar-refractivity contribution in [3.05, 3.63) is 63.9 Å². The maximum absolute atomic E-state index is 12.1. The molecule has 0 aliphatic rings. The zero-order valence-corrected chi connectivity index (χ0v) is 15.4. The van der Waals surface area contributed by atoms with Crippen LogP contribution in [0.2, 0.25) is 0 Å². The molecule has 3 rings (SSSR count). The van der Waals surface area contributed by atoms with Crippen molar-refractivity contribution in [2.24, 2.45) is 0 Å². The lowest BCUT2D eigenvalue weighted by molar-refractivity contribution is -0.115. The Labute approximate surface area is 152 Å². The van der Waals surface area contributed by atoms with E-state index in [9.17, 15) is 4.79 Å². The van der Waals surface area contributed by atoms with Crippen LogP contribution in [0.15, 0.2) is 58.4 Å². The molecule has 0 aliphatic heterocycles. The van der Waals surface area contributed by atoms with Crippen LogP contribution in [0, 0.1) is 0 Å². The molecule has 0 saturated heterocycles. The number of carbonyl (C=O) groups excluding carboxylic acids is 1. The highest BCUT2D eigenvalue weighted by Gasteiger charge is 2.09. The average Bonchev–Trinajstić information content (AvgIpc) is 3.04. The van der Waals surface area contributed by atoms with Crippen LogP contribution in [-0.2, 0) is 11.2 Å². The number of amides is 1. The van der Waals surface area contributed by atoms with E-state index in [0.717, 1.165) is 27.0 Å². The van der Waals surface area contributed by atoms with Crippen molar-refractivity contribution >= 4 is 38.3 Å². The standard InChI is InChI=1S/C18H15BrN2O2S/c1-23-15-8-2-12(3-9-15)10-17(22)21-18-20-16(11-24-18)13-4-6-14(19)7-5-13/h2-9,11H,10H2,1H3,(H,20,21,22). The summed E-state index contributed by atoms with van der Waals surface area (Å²) in [5, 5.41) is 5.39. The van der Waals surface area contributed by atoms with E-state index in [1.807, 2.05) is 53.9 Å². The van der Waals surface area contributed by atoms with Crippen LogP contribution < -0.4 is 10.1 Å². The first-order valence-electron chi connectivity index (χ1n) is 7.28. The molecule has 0 bridgehead atoms. The molecule has 0 fully saturated rings. The van der Waals surface area contributed by atoms with Gasteiger partial charge in [0.1, 0.15) is 5.75 Å². The van der Waals surface area contributed by atoms with E-state index in [1.165, 1.54) is 11.3 Å². The summed E-state index contributed by atoms with van der Waals surface area (Å²) in [7, 11) is 1.62. The number of thiazole rings is 1. The zero-order valence-electron chi connectivity index (χ0n) is 13.0. The second-order valence-corrected chi connectivity index (χ2v) is 6.89. The third-order valence-electron chi connectivity index (χ3n) is 3.41. The number of aromatic nitrogens is 1. The first-order chi connectivity index (χ1) is 11.6. The Balaban J connectivity index is 1.63. The van der Waals surface area contributed by atoms with Gasteiger partial charge in [-0.3, -0.25) is 4.79 Å². The van der Waals surface area contributed by atoms with Crippen LogP contribution in [0.3, 0.4) is 0 Å². The van der Waals surface area contributed by atoms with Gasteiger partial charge in [0, 0.05) is 15.4 Å². The van der Waals surface area contributed by atoms with Crippen LogP contribution in [0.5, 0.6) is 5.75 Å². The fraction of sp³-hybridized carbons (Fsp3) is 0.111. The lowest BCUT2D eigenvalue weighted by Gasteiger charge is -2.04. The number of benzene rings is 2. The van der Waals surface area contributed by atoms with E-state index in [2.05, 4.69) is 26.2 Å². The molecule has 0 saturated carbocycles. The number of hydrogen-bond donors (Lipinski definition) is 1. The minimum absolute atomic E-state index is 0.0862. The maximum atomic E-state index is 12.1.